The van der Waals surface area contributed by atoms with E-state index in [0.717, 1.165) is 12.1 Å². The predicted molar refractivity (Wildman–Crippen MR) is 75.7 cm³/mol. The van der Waals surface area contributed by atoms with Crippen LogP contribution in [0.5, 0.6) is 0 Å². The fourth-order valence-electron chi connectivity index (χ4n) is 2.35. The Morgan fingerprint density at radius 3 is 1.69 bits per heavy atom. The Kier molecular flexibility index (Phi) is 4.55. The van der Waals surface area contributed by atoms with Crippen LogP contribution in [0, 0.1) is 0 Å². The fourth-order valence-corrected chi connectivity index (χ4v) is 2.35. The molecular formula is C15H9F9N2. The van der Waals surface area contributed by atoms with Crippen molar-refractivity contribution in [1.82, 2.24) is 0 Å². The van der Waals surface area contributed by atoms with E-state index in [0.29, 0.717) is 12.1 Å². The lowest BCUT2D eigenvalue weighted by atomic mass is 9.92. The van der Waals surface area contributed by atoms with Crippen molar-refractivity contribution in [1.29, 1.82) is 0 Å². The molecule has 26 heavy (non-hydrogen) atoms. The molecule has 4 N–H and O–H groups in total. The van der Waals surface area contributed by atoms with E-state index in [-0.39, 0.29) is 6.07 Å². The van der Waals surface area contributed by atoms with Gasteiger partial charge in [-0.3, -0.25) is 0 Å². The zero-order valence-electron chi connectivity index (χ0n) is 12.4. The molecule has 2 rings (SSSR count). The van der Waals surface area contributed by atoms with Gasteiger partial charge in [-0.05, 0) is 29.3 Å². The van der Waals surface area contributed by atoms with E-state index in [2.05, 4.69) is 0 Å². The van der Waals surface area contributed by atoms with E-state index in [1.807, 2.05) is 0 Å². The van der Waals surface area contributed by atoms with Gasteiger partial charge >= 0.3 is 18.5 Å². The largest absolute Gasteiger partial charge is 0.419 e. The summed E-state index contributed by atoms with van der Waals surface area (Å²) in [6.45, 7) is 0. The summed E-state index contributed by atoms with van der Waals surface area (Å²) < 4.78 is 117. The van der Waals surface area contributed by atoms with Crippen LogP contribution < -0.4 is 11.5 Å². The Morgan fingerprint density at radius 2 is 1.23 bits per heavy atom. The summed E-state index contributed by atoms with van der Waals surface area (Å²) in [4.78, 5) is 0. The van der Waals surface area contributed by atoms with Crippen molar-refractivity contribution in [2.24, 2.45) is 0 Å². The number of anilines is 2. The Hall–Kier alpha value is -2.59. The quantitative estimate of drug-likeness (QED) is 0.495. The van der Waals surface area contributed by atoms with Crippen LogP contribution in [0.3, 0.4) is 0 Å². The highest BCUT2D eigenvalue weighted by Crippen LogP contribution is 2.48. The van der Waals surface area contributed by atoms with Crippen LogP contribution in [0.25, 0.3) is 11.1 Å². The number of benzene rings is 2. The summed E-state index contributed by atoms with van der Waals surface area (Å²) in [5.41, 5.74) is 0.885. The molecule has 0 bridgehead atoms. The first kappa shape index (κ1) is 19.7. The van der Waals surface area contributed by atoms with E-state index in [4.69, 9.17) is 11.5 Å². The monoisotopic (exact) mass is 388 g/mol. The van der Waals surface area contributed by atoms with E-state index in [1.54, 1.807) is 0 Å². The molecule has 2 nitrogen and oxygen atoms in total. The topological polar surface area (TPSA) is 52.0 Å². The second-order valence-electron chi connectivity index (χ2n) is 5.25. The maximum atomic E-state index is 13.3. The highest BCUT2D eigenvalue weighted by Gasteiger charge is 2.42. The van der Waals surface area contributed by atoms with Crippen LogP contribution in [-0.4, -0.2) is 0 Å². The van der Waals surface area contributed by atoms with Crippen molar-refractivity contribution in [3.8, 4) is 11.1 Å². The van der Waals surface area contributed by atoms with Crippen LogP contribution in [0.15, 0.2) is 30.3 Å². The van der Waals surface area contributed by atoms with E-state index >= 15 is 0 Å². The lowest BCUT2D eigenvalue weighted by Crippen LogP contribution is -2.18. The molecule has 0 spiro atoms. The molecule has 2 aromatic carbocycles. The standard InChI is InChI=1S/C15H9F9N2/c16-13(17,18)7-3-1-2-6(4-7)8-5-9(14(19,20)21)11(25)12(26)10(8)15(22,23)24/h1-5H,25-26H2. The average molecular weight is 388 g/mol. The minimum Gasteiger partial charge on any atom is -0.397 e. The Labute approximate surface area is 140 Å². The number of halogens is 9. The summed E-state index contributed by atoms with van der Waals surface area (Å²) >= 11 is 0. The number of nitrogens with two attached hydrogens (primary N) is 2. The first-order valence-electron chi connectivity index (χ1n) is 6.68. The molecular weight excluding hydrogens is 379 g/mol. The molecule has 0 aliphatic rings. The van der Waals surface area contributed by atoms with Gasteiger partial charge in [0.25, 0.3) is 0 Å². The Bertz CT molecular complexity index is 833. The molecule has 0 heterocycles. The fraction of sp³-hybridized carbons (Fsp3) is 0.200. The lowest BCUT2D eigenvalue weighted by Gasteiger charge is -2.21. The molecule has 0 radical (unpaired) electrons. The Morgan fingerprint density at radius 1 is 0.654 bits per heavy atom. The molecule has 0 aromatic heterocycles. The first-order chi connectivity index (χ1) is 11.6. The lowest BCUT2D eigenvalue weighted by molar-refractivity contribution is -0.140. The maximum Gasteiger partial charge on any atom is 0.419 e. The zero-order valence-corrected chi connectivity index (χ0v) is 12.4. The summed E-state index contributed by atoms with van der Waals surface area (Å²) in [5.74, 6) is 0. The number of alkyl halides is 9. The van der Waals surface area contributed by atoms with Gasteiger partial charge in [0.15, 0.2) is 0 Å². The van der Waals surface area contributed by atoms with Gasteiger partial charge in [0, 0.05) is 0 Å². The molecule has 0 saturated heterocycles. The van der Waals surface area contributed by atoms with Crippen molar-refractivity contribution in [2.75, 3.05) is 11.5 Å². The Balaban J connectivity index is 2.89. The second-order valence-corrected chi connectivity index (χ2v) is 5.25. The van der Waals surface area contributed by atoms with Gasteiger partial charge in [-0.2, -0.15) is 39.5 Å². The summed E-state index contributed by atoms with van der Waals surface area (Å²) in [7, 11) is 0. The van der Waals surface area contributed by atoms with Gasteiger partial charge < -0.3 is 11.5 Å². The normalized spacial score (nSPS) is 13.1. The third-order valence-electron chi connectivity index (χ3n) is 3.50. The summed E-state index contributed by atoms with van der Waals surface area (Å²) in [5, 5.41) is 0. The average Bonchev–Trinajstić information content (AvgIpc) is 2.46. The SMILES string of the molecule is Nc1c(C(F)(F)F)cc(-c2cccc(C(F)(F)F)c2)c(C(F)(F)F)c1N. The van der Waals surface area contributed by atoms with Gasteiger partial charge in [0.05, 0.1) is 28.1 Å². The molecule has 0 amide bonds. The van der Waals surface area contributed by atoms with Crippen molar-refractivity contribution in [2.45, 2.75) is 18.5 Å². The van der Waals surface area contributed by atoms with Crippen LogP contribution in [0.4, 0.5) is 50.9 Å². The highest BCUT2D eigenvalue weighted by molar-refractivity contribution is 5.84. The van der Waals surface area contributed by atoms with Gasteiger partial charge in [0.2, 0.25) is 0 Å². The minimum atomic E-state index is -5.24. The number of hydrogen-bond acceptors (Lipinski definition) is 2. The van der Waals surface area contributed by atoms with Crippen LogP contribution in [0.1, 0.15) is 16.7 Å². The van der Waals surface area contributed by atoms with E-state index < -0.39 is 57.7 Å². The second kappa shape index (κ2) is 5.99. The maximum absolute atomic E-state index is 13.3. The van der Waals surface area contributed by atoms with Gasteiger partial charge in [-0.15, -0.1) is 0 Å². The summed E-state index contributed by atoms with van der Waals surface area (Å²) in [6.07, 6.45) is -15.3. The van der Waals surface area contributed by atoms with Crippen molar-refractivity contribution in [3.05, 3.63) is 47.0 Å². The number of rotatable bonds is 1. The zero-order chi connectivity index (χ0) is 20.1. The van der Waals surface area contributed by atoms with Gasteiger partial charge in [0.1, 0.15) is 0 Å². The smallest absolute Gasteiger partial charge is 0.397 e. The molecule has 0 unspecified atom stereocenters. The molecule has 2 aromatic rings. The van der Waals surface area contributed by atoms with Gasteiger partial charge in [-0.1, -0.05) is 12.1 Å². The molecule has 11 heteroatoms. The molecule has 0 aliphatic carbocycles. The van der Waals surface area contributed by atoms with Crippen molar-refractivity contribution < 1.29 is 39.5 Å². The van der Waals surface area contributed by atoms with Crippen LogP contribution >= 0.6 is 0 Å². The molecule has 0 aliphatic heterocycles. The first-order valence-corrected chi connectivity index (χ1v) is 6.68. The minimum absolute atomic E-state index is 0.0456. The van der Waals surface area contributed by atoms with Crippen molar-refractivity contribution in [3.63, 3.8) is 0 Å². The molecule has 0 saturated carbocycles. The van der Waals surface area contributed by atoms with E-state index in [9.17, 15) is 39.5 Å². The van der Waals surface area contributed by atoms with Crippen molar-refractivity contribution >= 4 is 11.4 Å². The van der Waals surface area contributed by atoms with Crippen LogP contribution in [-0.2, 0) is 18.5 Å². The molecule has 0 atom stereocenters. The number of hydrogen-bond donors (Lipinski definition) is 2. The summed E-state index contributed by atoms with van der Waals surface area (Å²) in [6, 6.07) is 2.51. The predicted octanol–water partition coefficient (Wildman–Crippen LogP) is 5.57. The van der Waals surface area contributed by atoms with E-state index in [1.165, 1.54) is 0 Å². The van der Waals surface area contributed by atoms with Gasteiger partial charge in [-0.25, -0.2) is 0 Å². The van der Waals surface area contributed by atoms with Crippen LogP contribution in [0.2, 0.25) is 0 Å². The molecule has 142 valence electrons. The highest BCUT2D eigenvalue weighted by atomic mass is 19.4. The molecule has 0 fully saturated rings. The number of nitrogen functional groups attached to an aromatic ring is 2. The third-order valence-corrected chi connectivity index (χ3v) is 3.50. The third kappa shape index (κ3) is 3.65.